The first-order chi connectivity index (χ1) is 11.5. The first-order valence-corrected chi connectivity index (χ1v) is 8.53. The van der Waals surface area contributed by atoms with E-state index < -0.39 is 0 Å². The molecule has 0 spiro atoms. The number of aryl methyl sites for hydroxylation is 2. The molecule has 1 aliphatic rings. The first-order valence-electron chi connectivity index (χ1n) is 8.15. The number of halogens is 1. The summed E-state index contributed by atoms with van der Waals surface area (Å²) in [7, 11) is 0. The molecule has 0 N–H and O–H groups in total. The van der Waals surface area contributed by atoms with Crippen LogP contribution in [0.3, 0.4) is 0 Å². The van der Waals surface area contributed by atoms with Crippen LogP contribution < -0.4 is 0 Å². The Morgan fingerprint density at radius 2 is 2.04 bits per heavy atom. The quantitative estimate of drug-likeness (QED) is 0.857. The highest BCUT2D eigenvalue weighted by molar-refractivity contribution is 6.33. The number of morpholine rings is 1. The van der Waals surface area contributed by atoms with E-state index in [9.17, 15) is 4.79 Å². The molecule has 3 rings (SSSR count). The van der Waals surface area contributed by atoms with E-state index in [0.29, 0.717) is 42.7 Å². The van der Waals surface area contributed by atoms with Crippen LogP contribution in [0.5, 0.6) is 0 Å². The molecule has 1 saturated heterocycles. The Labute approximate surface area is 147 Å². The van der Waals surface area contributed by atoms with Crippen molar-refractivity contribution in [3.05, 3.63) is 51.8 Å². The van der Waals surface area contributed by atoms with Crippen LogP contribution in [0.2, 0.25) is 5.15 Å². The number of hydrogen-bond donors (Lipinski definition) is 0. The van der Waals surface area contributed by atoms with Crippen LogP contribution in [0.1, 0.15) is 34.1 Å². The Morgan fingerprint density at radius 1 is 1.33 bits per heavy atom. The molecule has 128 valence electrons. The van der Waals surface area contributed by atoms with Crippen LogP contribution in [0.25, 0.3) is 0 Å². The maximum absolute atomic E-state index is 12.8. The molecule has 2 aromatic rings. The van der Waals surface area contributed by atoms with E-state index in [4.69, 9.17) is 16.3 Å². The maximum Gasteiger partial charge on any atom is 0.259 e. The van der Waals surface area contributed by atoms with Gasteiger partial charge in [-0.25, -0.2) is 4.68 Å². The van der Waals surface area contributed by atoms with Gasteiger partial charge in [0.05, 0.1) is 30.5 Å². The number of rotatable bonds is 3. The van der Waals surface area contributed by atoms with Gasteiger partial charge in [-0.2, -0.15) is 5.10 Å². The molecule has 1 fully saturated rings. The predicted octanol–water partition coefficient (Wildman–Crippen LogP) is 3.06. The van der Waals surface area contributed by atoms with Crippen molar-refractivity contribution in [2.75, 3.05) is 19.7 Å². The molecular weight excluding hydrogens is 326 g/mol. The molecule has 1 unspecified atom stereocenters. The second-order valence-electron chi connectivity index (χ2n) is 6.33. The maximum atomic E-state index is 12.8. The fraction of sp³-hybridized carbons (Fsp3) is 0.444. The molecule has 0 aliphatic carbocycles. The summed E-state index contributed by atoms with van der Waals surface area (Å²) in [5.74, 6) is -0.0668. The summed E-state index contributed by atoms with van der Waals surface area (Å²) < 4.78 is 7.19. The van der Waals surface area contributed by atoms with Crippen LogP contribution in [0.15, 0.2) is 24.3 Å². The minimum atomic E-state index is -0.0668. The zero-order valence-electron chi connectivity index (χ0n) is 14.3. The Bertz CT molecular complexity index is 739. The van der Waals surface area contributed by atoms with Gasteiger partial charge in [0.25, 0.3) is 5.91 Å². The normalized spacial score (nSPS) is 18.0. The molecule has 1 aliphatic heterocycles. The van der Waals surface area contributed by atoms with Crippen molar-refractivity contribution >= 4 is 17.5 Å². The summed E-state index contributed by atoms with van der Waals surface area (Å²) in [4.78, 5) is 14.6. The van der Waals surface area contributed by atoms with Crippen LogP contribution in [-0.4, -0.2) is 46.4 Å². The lowest BCUT2D eigenvalue weighted by Gasteiger charge is -2.31. The van der Waals surface area contributed by atoms with Gasteiger partial charge < -0.3 is 9.64 Å². The largest absolute Gasteiger partial charge is 0.375 e. The van der Waals surface area contributed by atoms with Gasteiger partial charge in [0.1, 0.15) is 5.15 Å². The van der Waals surface area contributed by atoms with Crippen LogP contribution in [-0.2, 0) is 11.3 Å². The molecular formula is C18H22ClN3O2. The van der Waals surface area contributed by atoms with Gasteiger partial charge in [0.15, 0.2) is 0 Å². The lowest BCUT2D eigenvalue weighted by atomic mass is 10.1. The van der Waals surface area contributed by atoms with Crippen molar-refractivity contribution in [1.29, 1.82) is 0 Å². The Hall–Kier alpha value is -1.85. The van der Waals surface area contributed by atoms with Gasteiger partial charge in [-0.15, -0.1) is 0 Å². The average molecular weight is 348 g/mol. The van der Waals surface area contributed by atoms with Crippen molar-refractivity contribution in [2.45, 2.75) is 33.4 Å². The summed E-state index contributed by atoms with van der Waals surface area (Å²) in [6.07, 6.45) is 0.0457. The van der Waals surface area contributed by atoms with Crippen molar-refractivity contribution < 1.29 is 9.53 Å². The minimum absolute atomic E-state index is 0.0457. The number of amides is 1. The molecule has 1 amide bonds. The fourth-order valence-corrected chi connectivity index (χ4v) is 3.24. The average Bonchev–Trinajstić information content (AvgIpc) is 2.83. The minimum Gasteiger partial charge on any atom is -0.375 e. The SMILES string of the molecule is Cc1ccc(Cn2nc(C)c(C(=O)N3CCOC(C)C3)c2Cl)cc1. The summed E-state index contributed by atoms with van der Waals surface area (Å²) in [6.45, 7) is 8.12. The number of carbonyl (C=O) groups excluding carboxylic acids is 1. The lowest BCUT2D eigenvalue weighted by molar-refractivity contribution is -0.0124. The third-order valence-electron chi connectivity index (χ3n) is 4.26. The lowest BCUT2D eigenvalue weighted by Crippen LogP contribution is -2.44. The molecule has 2 heterocycles. The number of aromatic nitrogens is 2. The number of hydrogen-bond acceptors (Lipinski definition) is 3. The topological polar surface area (TPSA) is 47.4 Å². The number of carbonyl (C=O) groups is 1. The van der Waals surface area contributed by atoms with Gasteiger partial charge in [0.2, 0.25) is 0 Å². The van der Waals surface area contributed by atoms with Crippen molar-refractivity contribution in [3.8, 4) is 0 Å². The zero-order chi connectivity index (χ0) is 17.3. The summed E-state index contributed by atoms with van der Waals surface area (Å²) in [5, 5.41) is 4.87. The van der Waals surface area contributed by atoms with E-state index in [1.807, 2.05) is 26.0 Å². The molecule has 1 atom stereocenters. The third kappa shape index (κ3) is 3.47. The molecule has 0 bridgehead atoms. The second-order valence-corrected chi connectivity index (χ2v) is 6.69. The van der Waals surface area contributed by atoms with Crippen molar-refractivity contribution in [1.82, 2.24) is 14.7 Å². The number of nitrogens with zero attached hydrogens (tertiary/aromatic N) is 3. The van der Waals surface area contributed by atoms with Crippen LogP contribution in [0, 0.1) is 13.8 Å². The zero-order valence-corrected chi connectivity index (χ0v) is 15.0. The van der Waals surface area contributed by atoms with Crippen LogP contribution in [0.4, 0.5) is 0 Å². The standard InChI is InChI=1S/C18H22ClN3O2/c1-12-4-6-15(7-5-12)11-22-17(19)16(14(3)20-22)18(23)21-8-9-24-13(2)10-21/h4-7,13H,8-11H2,1-3H3. The second kappa shape index (κ2) is 6.95. The molecule has 1 aromatic carbocycles. The highest BCUT2D eigenvalue weighted by Crippen LogP contribution is 2.23. The molecule has 0 radical (unpaired) electrons. The summed E-state index contributed by atoms with van der Waals surface area (Å²) in [6, 6.07) is 8.21. The van der Waals surface area contributed by atoms with E-state index >= 15 is 0 Å². The van der Waals surface area contributed by atoms with Gasteiger partial charge in [-0.3, -0.25) is 4.79 Å². The number of ether oxygens (including phenoxy) is 1. The Kier molecular flexibility index (Phi) is 4.92. The van der Waals surface area contributed by atoms with E-state index in [1.165, 1.54) is 5.56 Å². The van der Waals surface area contributed by atoms with Crippen LogP contribution >= 0.6 is 11.6 Å². The van der Waals surface area contributed by atoms with E-state index in [1.54, 1.807) is 9.58 Å². The van der Waals surface area contributed by atoms with Gasteiger partial charge in [0, 0.05) is 13.1 Å². The molecule has 1 aromatic heterocycles. The van der Waals surface area contributed by atoms with Crippen molar-refractivity contribution in [2.24, 2.45) is 0 Å². The first kappa shape index (κ1) is 17.0. The molecule has 24 heavy (non-hydrogen) atoms. The Balaban J connectivity index is 1.83. The van der Waals surface area contributed by atoms with E-state index in [0.717, 1.165) is 5.56 Å². The van der Waals surface area contributed by atoms with E-state index in [-0.39, 0.29) is 12.0 Å². The molecule has 5 nitrogen and oxygen atoms in total. The summed E-state index contributed by atoms with van der Waals surface area (Å²) >= 11 is 6.48. The predicted molar refractivity (Wildman–Crippen MR) is 93.6 cm³/mol. The fourth-order valence-electron chi connectivity index (χ4n) is 2.93. The number of benzene rings is 1. The van der Waals surface area contributed by atoms with Crippen molar-refractivity contribution in [3.63, 3.8) is 0 Å². The summed E-state index contributed by atoms with van der Waals surface area (Å²) in [5.41, 5.74) is 3.47. The molecule has 0 saturated carbocycles. The third-order valence-corrected chi connectivity index (χ3v) is 4.64. The van der Waals surface area contributed by atoms with Gasteiger partial charge in [-0.1, -0.05) is 41.4 Å². The highest BCUT2D eigenvalue weighted by Gasteiger charge is 2.28. The smallest absolute Gasteiger partial charge is 0.259 e. The Morgan fingerprint density at radius 3 is 2.71 bits per heavy atom. The highest BCUT2D eigenvalue weighted by atomic mass is 35.5. The monoisotopic (exact) mass is 347 g/mol. The molecule has 6 heteroatoms. The van der Waals surface area contributed by atoms with Gasteiger partial charge >= 0.3 is 0 Å². The van der Waals surface area contributed by atoms with E-state index in [2.05, 4.69) is 24.2 Å². The van der Waals surface area contributed by atoms with Gasteiger partial charge in [-0.05, 0) is 26.3 Å².